The number of carboxylic acids is 1. The Balaban J connectivity index is 1.21. The number of hydrogen-bond acceptors (Lipinski definition) is 7. The molecule has 8 nitrogen and oxygen atoms in total. The number of aliphatic imine (C=N–C) groups is 1. The average Bonchev–Trinajstić information content (AvgIpc) is 3.40. The van der Waals surface area contributed by atoms with Gasteiger partial charge in [-0.1, -0.05) is 49.0 Å². The molecule has 4 heterocycles. The van der Waals surface area contributed by atoms with Crippen LogP contribution in [0.15, 0.2) is 52.7 Å². The molecular formula is C26H27N3O5S. The molecule has 5 atom stereocenters. The minimum absolute atomic E-state index is 0.00472. The fourth-order valence-corrected chi connectivity index (χ4v) is 6.71. The van der Waals surface area contributed by atoms with E-state index in [1.807, 2.05) is 31.2 Å². The SMILES string of the molecule is C[C@@H](O)[C@H]1C(=O)N2C(C(=O)O)=C(COc3cccc4c(CCSC5=NC6CN56)cccc34)[C@H](C)[C@H]12. The van der Waals surface area contributed by atoms with Gasteiger partial charge in [0.1, 0.15) is 24.2 Å². The maximum atomic E-state index is 12.6. The summed E-state index contributed by atoms with van der Waals surface area (Å²) in [5, 5.41) is 23.1. The summed E-state index contributed by atoms with van der Waals surface area (Å²) in [4.78, 5) is 32.8. The third-order valence-corrected chi connectivity index (χ3v) is 8.57. The van der Waals surface area contributed by atoms with Crippen LogP contribution in [-0.4, -0.2) is 74.3 Å². The first kappa shape index (κ1) is 22.4. The third kappa shape index (κ3) is 3.51. The van der Waals surface area contributed by atoms with Crippen molar-refractivity contribution in [2.45, 2.75) is 38.6 Å². The number of carboxylic acid groups (broad SMARTS) is 1. The van der Waals surface area contributed by atoms with Crippen molar-refractivity contribution in [2.75, 3.05) is 18.9 Å². The third-order valence-electron chi connectivity index (χ3n) is 7.57. The molecule has 0 bridgehead atoms. The number of β-lactam (4-membered cyclic amide) rings is 1. The van der Waals surface area contributed by atoms with Crippen LogP contribution in [0.25, 0.3) is 10.8 Å². The molecule has 2 N–H and O–H groups in total. The number of thioether (sulfide) groups is 1. The maximum Gasteiger partial charge on any atom is 0.352 e. The van der Waals surface area contributed by atoms with E-state index in [0.717, 1.165) is 34.7 Å². The Labute approximate surface area is 207 Å². The van der Waals surface area contributed by atoms with Crippen molar-refractivity contribution in [3.05, 3.63) is 53.2 Å². The monoisotopic (exact) mass is 493 g/mol. The molecule has 6 rings (SSSR count). The number of carbonyl (C=O) groups is 2. The van der Waals surface area contributed by atoms with E-state index < -0.39 is 18.0 Å². The van der Waals surface area contributed by atoms with Crippen LogP contribution in [0.1, 0.15) is 19.4 Å². The fraction of sp³-hybridized carbons (Fsp3) is 0.423. The summed E-state index contributed by atoms with van der Waals surface area (Å²) < 4.78 is 6.20. The van der Waals surface area contributed by atoms with Gasteiger partial charge in [0.15, 0.2) is 5.17 Å². The van der Waals surface area contributed by atoms with Gasteiger partial charge < -0.3 is 24.7 Å². The number of rotatable bonds is 8. The van der Waals surface area contributed by atoms with Gasteiger partial charge in [-0.05, 0) is 30.4 Å². The van der Waals surface area contributed by atoms with Crippen LogP contribution in [0.3, 0.4) is 0 Å². The predicted octanol–water partition coefficient (Wildman–Crippen LogP) is 2.70. The molecule has 4 aliphatic rings. The van der Waals surface area contributed by atoms with Gasteiger partial charge in [-0.15, -0.1) is 0 Å². The Hall–Kier alpha value is -3.04. The lowest BCUT2D eigenvalue weighted by molar-refractivity contribution is -0.163. The summed E-state index contributed by atoms with van der Waals surface area (Å²) >= 11 is 1.79. The Kier molecular flexibility index (Phi) is 5.30. The second kappa shape index (κ2) is 8.27. The Morgan fingerprint density at radius 2 is 2.03 bits per heavy atom. The number of carbonyl (C=O) groups excluding carboxylic acids is 1. The van der Waals surface area contributed by atoms with Crippen LogP contribution in [0.2, 0.25) is 0 Å². The number of hydrogen-bond donors (Lipinski definition) is 2. The highest BCUT2D eigenvalue weighted by atomic mass is 32.2. The molecule has 2 aromatic carbocycles. The lowest BCUT2D eigenvalue weighted by Gasteiger charge is -2.46. The van der Waals surface area contributed by atoms with E-state index in [4.69, 9.17) is 4.74 Å². The number of aryl methyl sites for hydroxylation is 1. The maximum absolute atomic E-state index is 12.6. The van der Waals surface area contributed by atoms with Crippen LogP contribution in [0.4, 0.5) is 0 Å². The summed E-state index contributed by atoms with van der Waals surface area (Å²) in [7, 11) is 0. The number of benzene rings is 2. The van der Waals surface area contributed by atoms with Gasteiger partial charge in [-0.25, -0.2) is 9.79 Å². The lowest BCUT2D eigenvalue weighted by Crippen LogP contribution is -2.63. The van der Waals surface area contributed by atoms with E-state index in [9.17, 15) is 19.8 Å². The highest BCUT2D eigenvalue weighted by Gasteiger charge is 2.59. The number of aliphatic hydroxyl groups is 1. The number of nitrogens with zero attached hydrogens (tertiary/aromatic N) is 3. The molecular weight excluding hydrogens is 466 g/mol. The zero-order valence-electron chi connectivity index (χ0n) is 19.5. The molecule has 2 aromatic rings. The van der Waals surface area contributed by atoms with Crippen LogP contribution in [0.5, 0.6) is 5.75 Å². The van der Waals surface area contributed by atoms with Gasteiger partial charge in [-0.3, -0.25) is 4.79 Å². The molecule has 0 aliphatic carbocycles. The highest BCUT2D eigenvalue weighted by Crippen LogP contribution is 2.47. The highest BCUT2D eigenvalue weighted by molar-refractivity contribution is 8.13. The Morgan fingerprint density at radius 3 is 2.71 bits per heavy atom. The second-order valence-corrected chi connectivity index (χ2v) is 10.7. The molecule has 2 saturated heterocycles. The van der Waals surface area contributed by atoms with Gasteiger partial charge in [0.25, 0.3) is 0 Å². The van der Waals surface area contributed by atoms with Gasteiger partial charge in [0.2, 0.25) is 5.91 Å². The molecule has 35 heavy (non-hydrogen) atoms. The van der Waals surface area contributed by atoms with E-state index in [0.29, 0.717) is 17.5 Å². The second-order valence-electron chi connectivity index (χ2n) is 9.63. The number of fused-ring (bicyclic) bond motifs is 3. The van der Waals surface area contributed by atoms with Gasteiger partial charge in [0, 0.05) is 22.6 Å². The number of aliphatic carboxylic acids is 1. The van der Waals surface area contributed by atoms with Crippen LogP contribution >= 0.6 is 11.8 Å². The molecule has 0 saturated carbocycles. The van der Waals surface area contributed by atoms with Gasteiger partial charge in [0.05, 0.1) is 24.6 Å². The van der Waals surface area contributed by atoms with E-state index in [2.05, 4.69) is 22.0 Å². The summed E-state index contributed by atoms with van der Waals surface area (Å²) in [5.41, 5.74) is 1.81. The summed E-state index contributed by atoms with van der Waals surface area (Å²) in [6.45, 7) is 4.63. The summed E-state index contributed by atoms with van der Waals surface area (Å²) in [6.07, 6.45) is 0.543. The molecule has 0 spiro atoms. The summed E-state index contributed by atoms with van der Waals surface area (Å²) in [6, 6.07) is 11.8. The van der Waals surface area contributed by atoms with Crippen molar-refractivity contribution in [1.29, 1.82) is 0 Å². The average molecular weight is 494 g/mol. The van der Waals surface area contributed by atoms with E-state index in [-0.39, 0.29) is 30.2 Å². The van der Waals surface area contributed by atoms with Crippen molar-refractivity contribution < 1.29 is 24.5 Å². The van der Waals surface area contributed by atoms with Crippen LogP contribution in [-0.2, 0) is 16.0 Å². The van der Waals surface area contributed by atoms with Crippen molar-refractivity contribution in [2.24, 2.45) is 16.8 Å². The van der Waals surface area contributed by atoms with E-state index in [1.54, 1.807) is 18.7 Å². The number of aliphatic hydroxyl groups excluding tert-OH is 1. The van der Waals surface area contributed by atoms with Crippen LogP contribution < -0.4 is 4.74 Å². The fourth-order valence-electron chi connectivity index (χ4n) is 5.64. The molecule has 4 aliphatic heterocycles. The minimum atomic E-state index is -1.14. The number of amides is 1. The zero-order valence-corrected chi connectivity index (χ0v) is 20.4. The first-order valence-corrected chi connectivity index (χ1v) is 12.9. The zero-order chi connectivity index (χ0) is 24.4. The van der Waals surface area contributed by atoms with Crippen molar-refractivity contribution >= 4 is 39.6 Å². The van der Waals surface area contributed by atoms with Crippen molar-refractivity contribution in [3.8, 4) is 5.75 Å². The lowest BCUT2D eigenvalue weighted by atomic mass is 9.78. The standard InChI is InChI=1S/C26H27N3O5S/c1-13-18(23(25(32)33)29-22(13)21(14(2)30)24(29)31)12-34-19-8-4-6-16-15(5-3-7-17(16)19)9-10-35-26-27-20-11-28(20)26/h3-8,13-14,20-22,30H,9-12H2,1-2H3,(H,32,33)/t13-,14+,20?,21+,22+,28?/m0/s1. The smallest absolute Gasteiger partial charge is 0.352 e. The minimum Gasteiger partial charge on any atom is -0.488 e. The van der Waals surface area contributed by atoms with E-state index in [1.165, 1.54) is 10.5 Å². The Bertz CT molecular complexity index is 1310. The Morgan fingerprint density at radius 1 is 1.26 bits per heavy atom. The first-order valence-electron chi connectivity index (χ1n) is 11.9. The first-order chi connectivity index (χ1) is 16.9. The van der Waals surface area contributed by atoms with Crippen molar-refractivity contribution in [3.63, 3.8) is 0 Å². The van der Waals surface area contributed by atoms with Crippen molar-refractivity contribution in [1.82, 2.24) is 9.80 Å². The largest absolute Gasteiger partial charge is 0.488 e. The molecule has 0 radical (unpaired) electrons. The molecule has 2 fully saturated rings. The van der Waals surface area contributed by atoms with Gasteiger partial charge in [-0.2, -0.15) is 0 Å². The normalized spacial score (nSPS) is 27.2. The quantitative estimate of drug-likeness (QED) is 0.431. The molecule has 9 heteroatoms. The molecule has 0 aromatic heterocycles. The van der Waals surface area contributed by atoms with Gasteiger partial charge >= 0.3 is 5.97 Å². The molecule has 1 amide bonds. The number of amidine groups is 1. The molecule has 1 unspecified atom stereocenters. The topological polar surface area (TPSA) is 102 Å². The van der Waals surface area contributed by atoms with E-state index >= 15 is 0 Å². The predicted molar refractivity (Wildman–Crippen MR) is 133 cm³/mol. The molecule has 182 valence electrons. The van der Waals surface area contributed by atoms with Crippen LogP contribution in [0, 0.1) is 11.8 Å². The number of ether oxygens (including phenoxy) is 1. The summed E-state index contributed by atoms with van der Waals surface area (Å²) in [5.74, 6) is -0.629.